The minimum atomic E-state index is -0.176. The maximum Gasteiger partial charge on any atom is 0.248 e. The van der Waals surface area contributed by atoms with Crippen molar-refractivity contribution < 1.29 is 14.7 Å². The molecule has 6 heteroatoms. The second-order valence-corrected chi connectivity index (χ2v) is 3.75. The van der Waals surface area contributed by atoms with E-state index in [1.54, 1.807) is 14.0 Å². The number of hydrogen-bond donors (Lipinski definition) is 2. The van der Waals surface area contributed by atoms with E-state index in [9.17, 15) is 4.79 Å². The van der Waals surface area contributed by atoms with E-state index < -0.39 is 0 Å². The Balaban J connectivity index is 3.95. The first kappa shape index (κ1) is 14.7. The summed E-state index contributed by atoms with van der Waals surface area (Å²) in [5.41, 5.74) is 5.42. The first-order valence-electron chi connectivity index (χ1n) is 5.32. The minimum Gasteiger partial charge on any atom is -0.409 e. The highest BCUT2D eigenvalue weighted by Crippen LogP contribution is 1.99. The molecule has 0 saturated carbocycles. The van der Waals surface area contributed by atoms with Gasteiger partial charge in [0.25, 0.3) is 0 Å². The van der Waals surface area contributed by atoms with Crippen LogP contribution in [-0.2, 0) is 9.53 Å². The summed E-state index contributed by atoms with van der Waals surface area (Å²) in [5, 5.41) is 11.4. The molecule has 1 atom stereocenters. The standard InChI is InChI=1S/C10H21N3O3/c1-4-5-16-7-9(14)13(3)6-8(2)10(11)12-15/h8,15H,4-7H2,1-3H3,(H2,11,12). The highest BCUT2D eigenvalue weighted by atomic mass is 16.5. The molecule has 3 N–H and O–H groups in total. The zero-order valence-electron chi connectivity index (χ0n) is 10.1. The first-order chi connectivity index (χ1) is 7.52. The number of carbonyl (C=O) groups is 1. The molecule has 0 aromatic rings. The van der Waals surface area contributed by atoms with Crippen LogP contribution in [0.4, 0.5) is 0 Å². The summed E-state index contributed by atoms with van der Waals surface area (Å²) in [7, 11) is 1.67. The van der Waals surface area contributed by atoms with Crippen LogP contribution in [0.2, 0.25) is 0 Å². The summed E-state index contributed by atoms with van der Waals surface area (Å²) in [6.45, 7) is 4.83. The summed E-state index contributed by atoms with van der Waals surface area (Å²) < 4.78 is 5.13. The number of amidine groups is 1. The molecule has 0 aliphatic heterocycles. The molecule has 0 aliphatic carbocycles. The molecule has 0 aromatic heterocycles. The van der Waals surface area contributed by atoms with Crippen LogP contribution in [0.25, 0.3) is 0 Å². The highest BCUT2D eigenvalue weighted by molar-refractivity contribution is 5.83. The van der Waals surface area contributed by atoms with Gasteiger partial charge in [-0.15, -0.1) is 0 Å². The Labute approximate surface area is 96.0 Å². The Bertz CT molecular complexity index is 243. The van der Waals surface area contributed by atoms with Crippen LogP contribution in [0.5, 0.6) is 0 Å². The number of rotatable bonds is 7. The van der Waals surface area contributed by atoms with Crippen LogP contribution in [0, 0.1) is 5.92 Å². The lowest BCUT2D eigenvalue weighted by atomic mass is 10.1. The van der Waals surface area contributed by atoms with Crippen LogP contribution < -0.4 is 5.73 Å². The van der Waals surface area contributed by atoms with Crippen LogP contribution in [0.3, 0.4) is 0 Å². The molecule has 1 unspecified atom stereocenters. The van der Waals surface area contributed by atoms with Crippen molar-refractivity contribution in [3.8, 4) is 0 Å². The summed E-state index contributed by atoms with van der Waals surface area (Å²) in [4.78, 5) is 13.0. The van der Waals surface area contributed by atoms with Crippen LogP contribution in [0.15, 0.2) is 5.16 Å². The molecule has 6 nitrogen and oxygen atoms in total. The summed E-state index contributed by atoms with van der Waals surface area (Å²) in [6, 6.07) is 0. The normalized spacial score (nSPS) is 13.6. The fourth-order valence-electron chi connectivity index (χ4n) is 1.12. The van der Waals surface area contributed by atoms with Gasteiger partial charge in [-0.05, 0) is 6.42 Å². The fraction of sp³-hybridized carbons (Fsp3) is 0.800. The van der Waals surface area contributed by atoms with Gasteiger partial charge < -0.3 is 20.6 Å². The molecule has 0 radical (unpaired) electrons. The number of likely N-dealkylation sites (N-methyl/N-ethyl adjacent to an activating group) is 1. The van der Waals surface area contributed by atoms with E-state index in [0.717, 1.165) is 6.42 Å². The van der Waals surface area contributed by atoms with Crippen LogP contribution in [0.1, 0.15) is 20.3 Å². The average molecular weight is 231 g/mol. The zero-order chi connectivity index (χ0) is 12.6. The SMILES string of the molecule is CCCOCC(=O)N(C)CC(C)C(N)=NO. The molecule has 1 amide bonds. The van der Waals surface area contributed by atoms with E-state index in [1.165, 1.54) is 4.90 Å². The van der Waals surface area contributed by atoms with Crippen molar-refractivity contribution in [3.05, 3.63) is 0 Å². The Morgan fingerprint density at radius 3 is 2.75 bits per heavy atom. The van der Waals surface area contributed by atoms with Crippen molar-refractivity contribution in [2.45, 2.75) is 20.3 Å². The van der Waals surface area contributed by atoms with Gasteiger partial charge in [0.05, 0.1) is 0 Å². The molecular weight excluding hydrogens is 210 g/mol. The fourth-order valence-corrected chi connectivity index (χ4v) is 1.12. The maximum absolute atomic E-state index is 11.5. The summed E-state index contributed by atoms with van der Waals surface area (Å²) >= 11 is 0. The number of nitrogens with two attached hydrogens (primary N) is 1. The van der Waals surface area contributed by atoms with Crippen LogP contribution in [-0.4, -0.2) is 48.7 Å². The molecule has 0 aromatic carbocycles. The molecule has 0 heterocycles. The molecule has 94 valence electrons. The van der Waals surface area contributed by atoms with Gasteiger partial charge in [0.1, 0.15) is 12.4 Å². The number of oxime groups is 1. The van der Waals surface area contributed by atoms with E-state index >= 15 is 0 Å². The van der Waals surface area contributed by atoms with Gasteiger partial charge >= 0.3 is 0 Å². The number of ether oxygens (including phenoxy) is 1. The monoisotopic (exact) mass is 231 g/mol. The topological polar surface area (TPSA) is 88.2 Å². The van der Waals surface area contributed by atoms with Crippen molar-refractivity contribution in [1.82, 2.24) is 4.90 Å². The first-order valence-corrected chi connectivity index (χ1v) is 5.32. The molecule has 0 bridgehead atoms. The third kappa shape index (κ3) is 5.55. The summed E-state index contributed by atoms with van der Waals surface area (Å²) in [6.07, 6.45) is 0.886. The number of carbonyl (C=O) groups excluding carboxylic acids is 1. The van der Waals surface area contributed by atoms with Gasteiger partial charge in [-0.3, -0.25) is 4.79 Å². The average Bonchev–Trinajstić information content (AvgIpc) is 2.27. The Morgan fingerprint density at radius 1 is 1.62 bits per heavy atom. The van der Waals surface area contributed by atoms with Crippen molar-refractivity contribution >= 4 is 11.7 Å². The molecule has 0 fully saturated rings. The lowest BCUT2D eigenvalue weighted by molar-refractivity contribution is -0.135. The van der Waals surface area contributed by atoms with Crippen molar-refractivity contribution in [1.29, 1.82) is 0 Å². The third-order valence-electron chi connectivity index (χ3n) is 2.17. The lowest BCUT2D eigenvalue weighted by Gasteiger charge is -2.20. The largest absolute Gasteiger partial charge is 0.409 e. The second kappa shape index (κ2) is 7.92. The van der Waals surface area contributed by atoms with E-state index in [1.807, 2.05) is 6.92 Å². The molecule has 0 saturated heterocycles. The van der Waals surface area contributed by atoms with Gasteiger partial charge in [-0.1, -0.05) is 19.0 Å². The smallest absolute Gasteiger partial charge is 0.248 e. The number of hydrogen-bond acceptors (Lipinski definition) is 4. The molecule has 0 spiro atoms. The van der Waals surface area contributed by atoms with Crippen molar-refractivity contribution in [3.63, 3.8) is 0 Å². The number of amides is 1. The molecular formula is C10H21N3O3. The molecule has 16 heavy (non-hydrogen) atoms. The van der Waals surface area contributed by atoms with Gasteiger partial charge in [-0.2, -0.15) is 0 Å². The van der Waals surface area contributed by atoms with Crippen molar-refractivity contribution in [2.75, 3.05) is 26.8 Å². The van der Waals surface area contributed by atoms with E-state index in [-0.39, 0.29) is 24.3 Å². The van der Waals surface area contributed by atoms with Gasteiger partial charge in [-0.25, -0.2) is 0 Å². The van der Waals surface area contributed by atoms with Gasteiger partial charge in [0.15, 0.2) is 0 Å². The minimum absolute atomic E-state index is 0.0766. The predicted molar refractivity (Wildman–Crippen MR) is 61.3 cm³/mol. The highest BCUT2D eigenvalue weighted by Gasteiger charge is 2.15. The van der Waals surface area contributed by atoms with Crippen LogP contribution >= 0.6 is 0 Å². The van der Waals surface area contributed by atoms with E-state index in [4.69, 9.17) is 15.7 Å². The Kier molecular flexibility index (Phi) is 7.28. The Hall–Kier alpha value is -1.30. The van der Waals surface area contributed by atoms with Gasteiger partial charge in [0.2, 0.25) is 5.91 Å². The lowest BCUT2D eigenvalue weighted by Crippen LogP contribution is -2.38. The number of nitrogens with zero attached hydrogens (tertiary/aromatic N) is 2. The van der Waals surface area contributed by atoms with E-state index in [2.05, 4.69) is 5.16 Å². The molecule has 0 aliphatic rings. The molecule has 0 rings (SSSR count). The van der Waals surface area contributed by atoms with E-state index in [0.29, 0.717) is 13.2 Å². The van der Waals surface area contributed by atoms with Gasteiger partial charge in [0, 0.05) is 26.1 Å². The summed E-state index contributed by atoms with van der Waals surface area (Å²) in [5.74, 6) is -0.162. The van der Waals surface area contributed by atoms with Crippen molar-refractivity contribution in [2.24, 2.45) is 16.8 Å². The predicted octanol–water partition coefficient (Wildman–Crippen LogP) is 0.254. The Morgan fingerprint density at radius 2 is 2.25 bits per heavy atom. The maximum atomic E-state index is 11.5. The zero-order valence-corrected chi connectivity index (χ0v) is 10.1. The second-order valence-electron chi connectivity index (χ2n) is 3.75. The third-order valence-corrected chi connectivity index (χ3v) is 2.17. The quantitative estimate of drug-likeness (QED) is 0.216.